The van der Waals surface area contributed by atoms with Gasteiger partial charge in [-0.1, -0.05) is 31.2 Å². The molecule has 1 amide bonds. The molecule has 0 bridgehead atoms. The van der Waals surface area contributed by atoms with E-state index >= 15 is 0 Å². The van der Waals surface area contributed by atoms with Crippen molar-refractivity contribution in [1.29, 1.82) is 0 Å². The highest BCUT2D eigenvalue weighted by atomic mass is 32.1. The van der Waals surface area contributed by atoms with E-state index in [1.54, 1.807) is 7.11 Å². The van der Waals surface area contributed by atoms with Gasteiger partial charge < -0.3 is 15.4 Å². The van der Waals surface area contributed by atoms with Crippen molar-refractivity contribution >= 4 is 33.8 Å². The van der Waals surface area contributed by atoms with E-state index in [2.05, 4.69) is 15.6 Å². The Morgan fingerprint density at radius 3 is 2.84 bits per heavy atom. The van der Waals surface area contributed by atoms with Crippen LogP contribution in [0.1, 0.15) is 13.3 Å². The predicted molar refractivity (Wildman–Crippen MR) is 103 cm³/mol. The minimum atomic E-state index is -0.00560. The number of carbonyl (C=O) groups excluding carboxylic acids is 1. The van der Waals surface area contributed by atoms with Gasteiger partial charge in [-0.15, -0.1) is 11.3 Å². The molecule has 0 fully saturated rings. The number of anilines is 3. The lowest BCUT2D eigenvalue weighted by atomic mass is 10.1. The molecule has 0 saturated heterocycles. The summed E-state index contributed by atoms with van der Waals surface area (Å²) in [4.78, 5) is 16.2. The number of ether oxygens (including phenoxy) is 1. The van der Waals surface area contributed by atoms with Gasteiger partial charge in [-0.2, -0.15) is 0 Å². The lowest BCUT2D eigenvalue weighted by molar-refractivity contribution is -0.115. The molecule has 0 radical (unpaired) electrons. The number of rotatable bonds is 6. The molecule has 6 heteroatoms. The van der Waals surface area contributed by atoms with E-state index in [1.807, 2.05) is 60.8 Å². The summed E-state index contributed by atoms with van der Waals surface area (Å²) in [6, 6.07) is 15.4. The van der Waals surface area contributed by atoms with Crippen LogP contribution in [0.3, 0.4) is 0 Å². The molecule has 1 aromatic heterocycles. The molecule has 1 heterocycles. The second-order valence-electron chi connectivity index (χ2n) is 5.35. The molecule has 0 saturated carbocycles. The van der Waals surface area contributed by atoms with Crippen molar-refractivity contribution in [3.63, 3.8) is 0 Å². The van der Waals surface area contributed by atoms with Gasteiger partial charge in [0.1, 0.15) is 5.75 Å². The third kappa shape index (κ3) is 4.16. The average Bonchev–Trinajstić information content (AvgIpc) is 3.11. The second-order valence-corrected chi connectivity index (χ2v) is 6.20. The van der Waals surface area contributed by atoms with Crippen molar-refractivity contribution in [2.24, 2.45) is 0 Å². The lowest BCUT2D eigenvalue weighted by Gasteiger charge is -2.08. The topological polar surface area (TPSA) is 63.2 Å². The van der Waals surface area contributed by atoms with Gasteiger partial charge >= 0.3 is 0 Å². The average molecular weight is 353 g/mol. The molecule has 0 spiro atoms. The zero-order valence-electron chi connectivity index (χ0n) is 14.1. The monoisotopic (exact) mass is 353 g/mol. The summed E-state index contributed by atoms with van der Waals surface area (Å²) < 4.78 is 5.35. The Bertz CT molecular complexity index is 876. The number of aromatic nitrogens is 1. The van der Waals surface area contributed by atoms with E-state index in [9.17, 15) is 4.79 Å². The van der Waals surface area contributed by atoms with Crippen LogP contribution in [0.5, 0.6) is 5.75 Å². The maximum absolute atomic E-state index is 11.6. The Balaban J connectivity index is 1.79. The standard InChI is InChI=1S/C19H19N3O2S/c1-3-18(23)20-14-8-6-7-13(11-14)16-12-25-19(22-16)21-15-9-4-5-10-17(15)24-2/h4-12H,3H2,1-2H3,(H,20,23)(H,21,22). The van der Waals surface area contributed by atoms with Gasteiger partial charge in [0.25, 0.3) is 0 Å². The van der Waals surface area contributed by atoms with Gasteiger partial charge in [0, 0.05) is 23.1 Å². The van der Waals surface area contributed by atoms with Crippen molar-refractivity contribution in [3.8, 4) is 17.0 Å². The molecule has 3 rings (SSSR count). The number of nitrogens with zero attached hydrogens (tertiary/aromatic N) is 1. The smallest absolute Gasteiger partial charge is 0.224 e. The van der Waals surface area contributed by atoms with Crippen LogP contribution in [-0.2, 0) is 4.79 Å². The molecule has 0 aliphatic carbocycles. The zero-order valence-corrected chi connectivity index (χ0v) is 14.9. The number of benzene rings is 2. The first-order chi connectivity index (χ1) is 12.2. The Labute approximate surface area is 150 Å². The van der Waals surface area contributed by atoms with Crippen LogP contribution in [-0.4, -0.2) is 18.0 Å². The molecule has 2 aromatic carbocycles. The van der Waals surface area contributed by atoms with Gasteiger partial charge in [-0.3, -0.25) is 4.79 Å². The molecule has 0 aliphatic rings. The van der Waals surface area contributed by atoms with E-state index < -0.39 is 0 Å². The number of nitrogens with one attached hydrogen (secondary N) is 2. The van der Waals surface area contributed by atoms with Crippen LogP contribution in [0.4, 0.5) is 16.5 Å². The number of hydrogen-bond donors (Lipinski definition) is 2. The number of para-hydroxylation sites is 2. The summed E-state index contributed by atoms with van der Waals surface area (Å²) in [6.07, 6.45) is 0.452. The summed E-state index contributed by atoms with van der Waals surface area (Å²) in [5, 5.41) is 8.91. The van der Waals surface area contributed by atoms with Crippen LogP contribution in [0.25, 0.3) is 11.3 Å². The molecule has 0 unspecified atom stereocenters. The summed E-state index contributed by atoms with van der Waals surface area (Å²) in [5.41, 5.74) is 3.46. The zero-order chi connectivity index (χ0) is 17.6. The summed E-state index contributed by atoms with van der Waals surface area (Å²) >= 11 is 1.52. The number of amides is 1. The van der Waals surface area contributed by atoms with Gasteiger partial charge in [-0.05, 0) is 24.3 Å². The van der Waals surface area contributed by atoms with Crippen LogP contribution < -0.4 is 15.4 Å². The Morgan fingerprint density at radius 2 is 2.04 bits per heavy atom. The predicted octanol–water partition coefficient (Wildman–Crippen LogP) is 4.91. The lowest BCUT2D eigenvalue weighted by Crippen LogP contribution is -2.09. The largest absolute Gasteiger partial charge is 0.495 e. The van der Waals surface area contributed by atoms with Gasteiger partial charge in [0.2, 0.25) is 5.91 Å². The van der Waals surface area contributed by atoms with Crippen molar-refractivity contribution < 1.29 is 9.53 Å². The van der Waals surface area contributed by atoms with Crippen molar-refractivity contribution in [3.05, 3.63) is 53.9 Å². The summed E-state index contributed by atoms with van der Waals surface area (Å²) in [6.45, 7) is 1.83. The van der Waals surface area contributed by atoms with Crippen LogP contribution in [0.2, 0.25) is 0 Å². The van der Waals surface area contributed by atoms with Gasteiger partial charge in [-0.25, -0.2) is 4.98 Å². The molecule has 2 N–H and O–H groups in total. The molecule has 128 valence electrons. The molecule has 0 atom stereocenters. The van der Waals surface area contributed by atoms with E-state index in [4.69, 9.17) is 4.74 Å². The van der Waals surface area contributed by atoms with Crippen LogP contribution in [0.15, 0.2) is 53.9 Å². The van der Waals surface area contributed by atoms with E-state index in [-0.39, 0.29) is 5.91 Å². The molecular formula is C19H19N3O2S. The van der Waals surface area contributed by atoms with Crippen molar-refractivity contribution in [2.75, 3.05) is 17.7 Å². The quantitative estimate of drug-likeness (QED) is 0.661. The molecular weight excluding hydrogens is 334 g/mol. The minimum Gasteiger partial charge on any atom is -0.495 e. The highest BCUT2D eigenvalue weighted by molar-refractivity contribution is 7.14. The molecule has 3 aromatic rings. The number of thiazole rings is 1. The van der Waals surface area contributed by atoms with Gasteiger partial charge in [0.05, 0.1) is 18.5 Å². The highest BCUT2D eigenvalue weighted by Gasteiger charge is 2.08. The normalized spacial score (nSPS) is 10.3. The number of hydrogen-bond acceptors (Lipinski definition) is 5. The van der Waals surface area contributed by atoms with Crippen LogP contribution in [0, 0.1) is 0 Å². The first-order valence-corrected chi connectivity index (χ1v) is 8.83. The fourth-order valence-electron chi connectivity index (χ4n) is 2.33. The first-order valence-electron chi connectivity index (χ1n) is 7.95. The van der Waals surface area contributed by atoms with Crippen LogP contribution >= 0.6 is 11.3 Å². The number of carbonyl (C=O) groups is 1. The molecule has 0 aliphatic heterocycles. The Morgan fingerprint density at radius 1 is 1.20 bits per heavy atom. The summed E-state index contributed by atoms with van der Waals surface area (Å²) in [7, 11) is 1.64. The fraction of sp³-hybridized carbons (Fsp3) is 0.158. The highest BCUT2D eigenvalue weighted by Crippen LogP contribution is 2.31. The second kappa shape index (κ2) is 7.81. The number of methoxy groups -OCH3 is 1. The Hall–Kier alpha value is -2.86. The SMILES string of the molecule is CCC(=O)Nc1cccc(-c2csc(Nc3ccccc3OC)n2)c1. The maximum Gasteiger partial charge on any atom is 0.224 e. The Kier molecular flexibility index (Phi) is 5.30. The van der Waals surface area contributed by atoms with E-state index in [1.165, 1.54) is 11.3 Å². The molecule has 5 nitrogen and oxygen atoms in total. The van der Waals surface area contributed by atoms with Gasteiger partial charge in [0.15, 0.2) is 5.13 Å². The minimum absolute atomic E-state index is 0.00560. The van der Waals surface area contributed by atoms with Crippen molar-refractivity contribution in [1.82, 2.24) is 4.98 Å². The third-order valence-corrected chi connectivity index (χ3v) is 4.37. The fourth-order valence-corrected chi connectivity index (χ4v) is 3.06. The third-order valence-electron chi connectivity index (χ3n) is 3.62. The summed E-state index contributed by atoms with van der Waals surface area (Å²) in [5.74, 6) is 0.762. The maximum atomic E-state index is 11.6. The van der Waals surface area contributed by atoms with E-state index in [0.717, 1.165) is 33.5 Å². The first kappa shape index (κ1) is 17.0. The van der Waals surface area contributed by atoms with E-state index in [0.29, 0.717) is 6.42 Å². The van der Waals surface area contributed by atoms with Crippen molar-refractivity contribution in [2.45, 2.75) is 13.3 Å². The molecule has 25 heavy (non-hydrogen) atoms.